The number of rotatable bonds is 0. The Hall–Kier alpha value is -2.87. The van der Waals surface area contributed by atoms with Gasteiger partial charge in [0.05, 0.1) is 11.0 Å². The zero-order chi connectivity index (χ0) is 14.1. The van der Waals surface area contributed by atoms with Crippen molar-refractivity contribution in [1.29, 1.82) is 0 Å². The number of H-pyrrole nitrogens is 1. The first kappa shape index (κ1) is 11.9. The minimum Gasteiger partial charge on any atom is -0.360 e. The smallest absolute Gasteiger partial charge is 0.0878 e. The van der Waals surface area contributed by atoms with Gasteiger partial charge in [-0.15, -0.1) is 0 Å². The van der Waals surface area contributed by atoms with Crippen LogP contribution in [-0.4, -0.2) is 9.97 Å². The number of nitrogens with one attached hydrogen (secondary N) is 1. The van der Waals surface area contributed by atoms with Crippen LogP contribution in [0.2, 0.25) is 0 Å². The Kier molecular flexibility index (Phi) is 2.79. The van der Waals surface area contributed by atoms with Crippen LogP contribution in [0, 0.1) is 0 Å². The van der Waals surface area contributed by atoms with Gasteiger partial charge in [-0.05, 0) is 40.1 Å². The van der Waals surface area contributed by atoms with E-state index >= 15 is 0 Å². The fourth-order valence-corrected chi connectivity index (χ4v) is 2.74. The maximum atomic E-state index is 4.11. The van der Waals surface area contributed by atoms with Crippen LogP contribution < -0.4 is 0 Å². The Balaban J connectivity index is 0.000000115. The Morgan fingerprint density at radius 3 is 2.24 bits per heavy atom. The highest BCUT2D eigenvalue weighted by Crippen LogP contribution is 2.30. The third kappa shape index (κ3) is 2.11. The van der Waals surface area contributed by atoms with Crippen molar-refractivity contribution in [2.75, 3.05) is 0 Å². The van der Waals surface area contributed by atoms with Gasteiger partial charge in [-0.3, -0.25) is 4.98 Å². The first-order valence-corrected chi connectivity index (χ1v) is 7.00. The molecule has 5 rings (SSSR count). The van der Waals surface area contributed by atoms with E-state index in [4.69, 9.17) is 0 Å². The standard InChI is InChI=1S/C12H8.C7H6N2/c1-3-9-4-2-6-11-8-7-10(5-1)12(9)11;1-2-6-7(8-4-1)3-5-9-6/h1-8H;1-5,9H. The van der Waals surface area contributed by atoms with Crippen molar-refractivity contribution in [3.05, 3.63) is 78.1 Å². The van der Waals surface area contributed by atoms with Crippen molar-refractivity contribution in [3.8, 4) is 0 Å². The summed E-state index contributed by atoms with van der Waals surface area (Å²) in [5, 5.41) is 2.75. The SMILES string of the molecule is C1=Cc2cccc3cccc1c23.c1cnc2cc[nH]c2c1. The number of nitrogens with zero attached hydrogens (tertiary/aromatic N) is 1. The minimum absolute atomic E-state index is 1.03. The van der Waals surface area contributed by atoms with Gasteiger partial charge in [-0.2, -0.15) is 0 Å². The third-order valence-corrected chi connectivity index (χ3v) is 3.73. The number of hydrogen-bond acceptors (Lipinski definition) is 1. The summed E-state index contributed by atoms with van der Waals surface area (Å²) in [5.41, 5.74) is 4.82. The van der Waals surface area contributed by atoms with E-state index in [1.54, 1.807) is 6.20 Å². The van der Waals surface area contributed by atoms with Gasteiger partial charge in [0.2, 0.25) is 0 Å². The van der Waals surface area contributed by atoms with E-state index in [1.165, 1.54) is 21.9 Å². The monoisotopic (exact) mass is 270 g/mol. The molecule has 0 atom stereocenters. The molecule has 1 aliphatic rings. The number of aromatic nitrogens is 2. The van der Waals surface area contributed by atoms with Crippen LogP contribution in [0.1, 0.15) is 11.1 Å². The third-order valence-electron chi connectivity index (χ3n) is 3.73. The van der Waals surface area contributed by atoms with Crippen molar-refractivity contribution in [1.82, 2.24) is 9.97 Å². The molecule has 2 heteroatoms. The topological polar surface area (TPSA) is 28.7 Å². The normalized spacial score (nSPS) is 11.6. The zero-order valence-corrected chi connectivity index (χ0v) is 11.5. The van der Waals surface area contributed by atoms with Crippen LogP contribution in [0.15, 0.2) is 67.0 Å². The van der Waals surface area contributed by atoms with Crippen LogP contribution in [0.3, 0.4) is 0 Å². The maximum absolute atomic E-state index is 4.11. The average molecular weight is 270 g/mol. The lowest BCUT2D eigenvalue weighted by Crippen LogP contribution is -1.76. The second-order valence-corrected chi connectivity index (χ2v) is 5.04. The lowest BCUT2D eigenvalue weighted by atomic mass is 10.0. The average Bonchev–Trinajstić information content (AvgIpc) is 3.17. The highest BCUT2D eigenvalue weighted by Gasteiger charge is 2.06. The van der Waals surface area contributed by atoms with Gasteiger partial charge < -0.3 is 4.98 Å². The molecule has 2 heterocycles. The summed E-state index contributed by atoms with van der Waals surface area (Å²) in [6, 6.07) is 18.7. The van der Waals surface area contributed by atoms with Crippen LogP contribution >= 0.6 is 0 Å². The molecule has 0 fully saturated rings. The Labute approximate surface area is 122 Å². The fourth-order valence-electron chi connectivity index (χ4n) is 2.74. The summed E-state index contributed by atoms with van der Waals surface area (Å²) >= 11 is 0. The second kappa shape index (κ2) is 4.91. The van der Waals surface area contributed by atoms with E-state index in [9.17, 15) is 0 Å². The largest absolute Gasteiger partial charge is 0.360 e. The highest BCUT2D eigenvalue weighted by molar-refractivity contribution is 6.04. The minimum atomic E-state index is 1.03. The number of pyridine rings is 1. The molecule has 1 aliphatic carbocycles. The van der Waals surface area contributed by atoms with Crippen LogP contribution in [0.4, 0.5) is 0 Å². The fraction of sp³-hybridized carbons (Fsp3) is 0. The summed E-state index contributed by atoms with van der Waals surface area (Å²) in [4.78, 5) is 7.17. The summed E-state index contributed by atoms with van der Waals surface area (Å²) in [6.07, 6.45) is 8.03. The van der Waals surface area contributed by atoms with E-state index in [0.717, 1.165) is 11.0 Å². The molecular formula is C19H14N2. The predicted octanol–water partition coefficient (Wildman–Crippen LogP) is 4.89. The first-order valence-electron chi connectivity index (χ1n) is 7.00. The van der Waals surface area contributed by atoms with Crippen molar-refractivity contribution >= 4 is 34.0 Å². The van der Waals surface area contributed by atoms with Crippen LogP contribution in [0.5, 0.6) is 0 Å². The molecule has 0 aliphatic heterocycles. The summed E-state index contributed by atoms with van der Waals surface area (Å²) in [6.45, 7) is 0. The summed E-state index contributed by atoms with van der Waals surface area (Å²) in [7, 11) is 0. The van der Waals surface area contributed by atoms with Gasteiger partial charge in [0.15, 0.2) is 0 Å². The molecule has 0 saturated carbocycles. The van der Waals surface area contributed by atoms with Crippen molar-refractivity contribution < 1.29 is 0 Å². The molecule has 0 saturated heterocycles. The summed E-state index contributed by atoms with van der Waals surface area (Å²) in [5.74, 6) is 0. The number of aromatic amines is 1. The molecule has 2 nitrogen and oxygen atoms in total. The second-order valence-electron chi connectivity index (χ2n) is 5.04. The van der Waals surface area contributed by atoms with Gasteiger partial charge >= 0.3 is 0 Å². The molecule has 0 amide bonds. The lowest BCUT2D eigenvalue weighted by Gasteiger charge is -1.99. The van der Waals surface area contributed by atoms with E-state index in [2.05, 4.69) is 58.5 Å². The Morgan fingerprint density at radius 2 is 1.52 bits per heavy atom. The van der Waals surface area contributed by atoms with Crippen molar-refractivity contribution in [3.63, 3.8) is 0 Å². The maximum Gasteiger partial charge on any atom is 0.0878 e. The van der Waals surface area contributed by atoms with Gasteiger partial charge in [0, 0.05) is 12.4 Å². The van der Waals surface area contributed by atoms with E-state index in [-0.39, 0.29) is 0 Å². The number of fused-ring (bicyclic) bond motifs is 1. The predicted molar refractivity (Wildman–Crippen MR) is 89.0 cm³/mol. The Bertz CT molecular complexity index is 877. The van der Waals surface area contributed by atoms with E-state index in [0.29, 0.717) is 0 Å². The molecule has 0 bridgehead atoms. The van der Waals surface area contributed by atoms with Gasteiger partial charge in [0.25, 0.3) is 0 Å². The van der Waals surface area contributed by atoms with Crippen molar-refractivity contribution in [2.45, 2.75) is 0 Å². The molecule has 2 aromatic heterocycles. The Morgan fingerprint density at radius 1 is 0.762 bits per heavy atom. The molecule has 0 spiro atoms. The molecular weight excluding hydrogens is 256 g/mol. The molecule has 100 valence electrons. The van der Waals surface area contributed by atoms with Crippen LogP contribution in [0.25, 0.3) is 34.0 Å². The molecule has 0 radical (unpaired) electrons. The number of benzene rings is 2. The van der Waals surface area contributed by atoms with E-state index in [1.807, 2.05) is 24.4 Å². The van der Waals surface area contributed by atoms with E-state index < -0.39 is 0 Å². The summed E-state index contributed by atoms with van der Waals surface area (Å²) < 4.78 is 0. The van der Waals surface area contributed by atoms with Gasteiger partial charge in [-0.1, -0.05) is 48.6 Å². The molecule has 0 unspecified atom stereocenters. The first-order chi connectivity index (χ1) is 10.4. The highest BCUT2D eigenvalue weighted by atomic mass is 14.7. The van der Waals surface area contributed by atoms with Crippen molar-refractivity contribution in [2.24, 2.45) is 0 Å². The molecule has 1 N–H and O–H groups in total. The molecule has 2 aromatic carbocycles. The van der Waals surface area contributed by atoms with Gasteiger partial charge in [0.1, 0.15) is 0 Å². The number of hydrogen-bond donors (Lipinski definition) is 1. The lowest BCUT2D eigenvalue weighted by molar-refractivity contribution is 1.41. The van der Waals surface area contributed by atoms with Gasteiger partial charge in [-0.25, -0.2) is 0 Å². The molecule has 4 aromatic rings. The van der Waals surface area contributed by atoms with Crippen LogP contribution in [-0.2, 0) is 0 Å². The molecule has 21 heavy (non-hydrogen) atoms. The zero-order valence-electron chi connectivity index (χ0n) is 11.5. The quantitative estimate of drug-likeness (QED) is 0.426.